The first-order valence-electron chi connectivity index (χ1n) is 31.6. The minimum absolute atomic E-state index is 0.369. The third-order valence-electron chi connectivity index (χ3n) is 15.2. The lowest BCUT2D eigenvalue weighted by atomic mass is 10.00. The molecule has 6 nitrogen and oxygen atoms in total. The second kappa shape index (κ2) is 57.9. The van der Waals surface area contributed by atoms with Gasteiger partial charge in [-0.1, -0.05) is 328 Å². The van der Waals surface area contributed by atoms with Crippen LogP contribution in [-0.4, -0.2) is 57.3 Å². The zero-order valence-corrected chi connectivity index (χ0v) is 46.8. The Morgan fingerprint density at radius 1 is 0.348 bits per heavy atom. The molecule has 69 heavy (non-hydrogen) atoms. The van der Waals surface area contributed by atoms with Crippen molar-refractivity contribution in [2.24, 2.45) is 0 Å². The average Bonchev–Trinajstić information content (AvgIpc) is 3.35. The van der Waals surface area contributed by atoms with E-state index in [1.165, 1.54) is 289 Å². The van der Waals surface area contributed by atoms with E-state index in [9.17, 15) is 25.2 Å². The first-order chi connectivity index (χ1) is 34.0. The number of carbonyl (C=O) groups is 1. The lowest BCUT2D eigenvalue weighted by Gasteiger charge is -2.27. The minimum Gasteiger partial charge on any atom is -0.394 e. The third kappa shape index (κ3) is 51.7. The largest absolute Gasteiger partial charge is 0.394 e. The normalized spacial score (nSPS) is 13.7. The van der Waals surface area contributed by atoms with Crippen molar-refractivity contribution in [3.05, 3.63) is 12.2 Å². The molecule has 4 atom stereocenters. The fraction of sp³-hybridized carbons (Fsp3) is 0.952. The summed E-state index contributed by atoms with van der Waals surface area (Å²) in [6.07, 6.45) is 70.3. The lowest BCUT2D eigenvalue weighted by molar-refractivity contribution is -0.132. The van der Waals surface area contributed by atoms with Crippen molar-refractivity contribution in [2.45, 2.75) is 379 Å². The highest BCUT2D eigenvalue weighted by molar-refractivity contribution is 5.80. The fourth-order valence-electron chi connectivity index (χ4n) is 10.3. The molecule has 0 saturated heterocycles. The molecule has 412 valence electrons. The number of allylic oxidation sites excluding steroid dienone is 2. The molecular weight excluding hydrogens is 851 g/mol. The van der Waals surface area contributed by atoms with Gasteiger partial charge in [0.1, 0.15) is 12.2 Å². The van der Waals surface area contributed by atoms with Crippen LogP contribution in [0.3, 0.4) is 0 Å². The number of aliphatic hydroxyl groups excluding tert-OH is 4. The van der Waals surface area contributed by atoms with E-state index in [1.54, 1.807) is 0 Å². The molecule has 6 heteroatoms. The summed E-state index contributed by atoms with van der Waals surface area (Å²) in [7, 11) is 0. The van der Waals surface area contributed by atoms with Crippen molar-refractivity contribution < 1.29 is 25.2 Å². The highest BCUT2D eigenvalue weighted by Crippen LogP contribution is 2.19. The third-order valence-corrected chi connectivity index (χ3v) is 15.2. The zero-order chi connectivity index (χ0) is 50.2. The van der Waals surface area contributed by atoms with E-state index in [0.717, 1.165) is 38.5 Å². The Balaban J connectivity index is 3.58. The topological polar surface area (TPSA) is 110 Å². The van der Waals surface area contributed by atoms with Gasteiger partial charge in [-0.2, -0.15) is 0 Å². The molecule has 4 unspecified atom stereocenters. The molecule has 1 amide bonds. The molecule has 0 fully saturated rings. The van der Waals surface area contributed by atoms with Gasteiger partial charge < -0.3 is 25.7 Å². The number of amides is 1. The van der Waals surface area contributed by atoms with E-state index in [2.05, 4.69) is 31.3 Å². The van der Waals surface area contributed by atoms with Gasteiger partial charge >= 0.3 is 0 Å². The number of hydrogen-bond donors (Lipinski definition) is 5. The van der Waals surface area contributed by atoms with Crippen LogP contribution in [0.25, 0.3) is 0 Å². The van der Waals surface area contributed by atoms with Crippen LogP contribution in [0.2, 0.25) is 0 Å². The maximum Gasteiger partial charge on any atom is 0.249 e. The van der Waals surface area contributed by atoms with Crippen molar-refractivity contribution in [2.75, 3.05) is 6.61 Å². The SMILES string of the molecule is CCCCCCCCCCCCCCCCCCCCCCC/C=C/CCCC(O)C(O)C(CO)NC(=O)C(O)CCCCCCCCCCCCCCCCCCCCCCCCCCCCC. The van der Waals surface area contributed by atoms with E-state index >= 15 is 0 Å². The first kappa shape index (κ1) is 68.0. The van der Waals surface area contributed by atoms with Crippen molar-refractivity contribution in [1.29, 1.82) is 0 Å². The second-order valence-electron chi connectivity index (χ2n) is 22.1. The number of hydrogen-bond acceptors (Lipinski definition) is 5. The van der Waals surface area contributed by atoms with Gasteiger partial charge in [-0.05, 0) is 38.5 Å². The molecule has 0 radical (unpaired) electrons. The fourth-order valence-corrected chi connectivity index (χ4v) is 10.3. The summed E-state index contributed by atoms with van der Waals surface area (Å²) in [5.41, 5.74) is 0. The molecular formula is C63H125NO5. The summed E-state index contributed by atoms with van der Waals surface area (Å²) in [6, 6.07) is -0.999. The van der Waals surface area contributed by atoms with Crippen molar-refractivity contribution in [3.63, 3.8) is 0 Å². The zero-order valence-electron chi connectivity index (χ0n) is 46.8. The molecule has 0 aromatic carbocycles. The molecule has 0 heterocycles. The van der Waals surface area contributed by atoms with Crippen LogP contribution in [0.4, 0.5) is 0 Å². The van der Waals surface area contributed by atoms with Gasteiger partial charge in [0, 0.05) is 0 Å². The van der Waals surface area contributed by atoms with Crippen LogP contribution in [-0.2, 0) is 4.79 Å². The van der Waals surface area contributed by atoms with Gasteiger partial charge in [0.05, 0.1) is 18.8 Å². The summed E-state index contributed by atoms with van der Waals surface area (Å²) in [5.74, 6) is -0.585. The molecule has 0 aromatic heterocycles. The maximum atomic E-state index is 12.6. The van der Waals surface area contributed by atoms with Gasteiger partial charge in [0.15, 0.2) is 0 Å². The molecule has 0 spiro atoms. The van der Waals surface area contributed by atoms with Gasteiger partial charge in [0.25, 0.3) is 0 Å². The summed E-state index contributed by atoms with van der Waals surface area (Å²) >= 11 is 0. The van der Waals surface area contributed by atoms with E-state index in [-0.39, 0.29) is 0 Å². The molecule has 0 rings (SSSR count). The van der Waals surface area contributed by atoms with Crippen molar-refractivity contribution >= 4 is 5.91 Å². The van der Waals surface area contributed by atoms with Crippen LogP contribution in [0.15, 0.2) is 12.2 Å². The Labute approximate surface area is 432 Å². The summed E-state index contributed by atoms with van der Waals surface area (Å²) in [4.78, 5) is 12.6. The highest BCUT2D eigenvalue weighted by atomic mass is 16.3. The van der Waals surface area contributed by atoms with Crippen molar-refractivity contribution in [1.82, 2.24) is 5.32 Å². The molecule has 5 N–H and O–H groups in total. The Hall–Kier alpha value is -0.950. The smallest absolute Gasteiger partial charge is 0.249 e. The Morgan fingerprint density at radius 2 is 0.594 bits per heavy atom. The lowest BCUT2D eigenvalue weighted by Crippen LogP contribution is -2.53. The maximum absolute atomic E-state index is 12.6. The van der Waals surface area contributed by atoms with Gasteiger partial charge in [-0.3, -0.25) is 4.79 Å². The first-order valence-corrected chi connectivity index (χ1v) is 31.6. The Morgan fingerprint density at radius 3 is 0.870 bits per heavy atom. The number of aliphatic hydroxyl groups is 4. The summed E-state index contributed by atoms with van der Waals surface area (Å²) < 4.78 is 0. The van der Waals surface area contributed by atoms with Gasteiger partial charge in [-0.25, -0.2) is 0 Å². The number of nitrogens with one attached hydrogen (secondary N) is 1. The number of rotatable bonds is 59. The van der Waals surface area contributed by atoms with Crippen LogP contribution in [0, 0.1) is 0 Å². The highest BCUT2D eigenvalue weighted by Gasteiger charge is 2.28. The van der Waals surface area contributed by atoms with E-state index in [4.69, 9.17) is 0 Å². The van der Waals surface area contributed by atoms with E-state index in [0.29, 0.717) is 12.8 Å². The van der Waals surface area contributed by atoms with Crippen molar-refractivity contribution in [3.8, 4) is 0 Å². The summed E-state index contributed by atoms with van der Waals surface area (Å²) in [5, 5.41) is 44.1. The predicted molar refractivity (Wildman–Crippen MR) is 302 cm³/mol. The molecule has 0 aliphatic carbocycles. The van der Waals surface area contributed by atoms with Gasteiger partial charge in [-0.15, -0.1) is 0 Å². The second-order valence-corrected chi connectivity index (χ2v) is 22.1. The number of unbranched alkanes of at least 4 members (excludes halogenated alkanes) is 48. The Bertz CT molecular complexity index is 1010. The molecule has 0 aliphatic heterocycles. The Kier molecular flexibility index (Phi) is 57.1. The van der Waals surface area contributed by atoms with Crippen LogP contribution in [0.1, 0.15) is 354 Å². The van der Waals surface area contributed by atoms with E-state index < -0.39 is 36.9 Å². The quantitative estimate of drug-likeness (QED) is 0.0308. The van der Waals surface area contributed by atoms with Crippen LogP contribution < -0.4 is 5.32 Å². The standard InChI is InChI=1S/C63H125NO5/c1-3-5-7-9-11-13-15-17-19-21-23-25-27-29-31-33-35-37-39-41-43-45-47-49-51-53-55-57-61(67)63(69)64-59(58-65)62(68)60(66)56-54-52-50-48-46-44-42-40-38-36-34-32-30-28-26-24-22-20-18-16-14-12-10-8-6-4-2/h48,50,59-62,65-68H,3-47,49,51-58H2,1-2H3,(H,64,69)/b50-48+. The molecule has 0 bridgehead atoms. The minimum atomic E-state index is -1.28. The van der Waals surface area contributed by atoms with E-state index in [1.807, 2.05) is 0 Å². The van der Waals surface area contributed by atoms with Gasteiger partial charge in [0.2, 0.25) is 5.91 Å². The molecule has 0 aliphatic rings. The monoisotopic (exact) mass is 976 g/mol. The molecule has 0 saturated carbocycles. The summed E-state index contributed by atoms with van der Waals surface area (Å²) in [6.45, 7) is 4.10. The van der Waals surface area contributed by atoms with Crippen LogP contribution >= 0.6 is 0 Å². The molecule has 0 aromatic rings. The average molecular weight is 977 g/mol. The predicted octanol–water partition coefficient (Wildman–Crippen LogP) is 18.8. The number of carbonyl (C=O) groups excluding carboxylic acids is 1. The van der Waals surface area contributed by atoms with Crippen LogP contribution in [0.5, 0.6) is 0 Å².